The highest BCUT2D eigenvalue weighted by Gasteiger charge is 2.12. The van der Waals surface area contributed by atoms with Crippen LogP contribution in [-0.2, 0) is 0 Å². The lowest BCUT2D eigenvalue weighted by Crippen LogP contribution is -2.10. The lowest BCUT2D eigenvalue weighted by Gasteiger charge is -2.10. The van der Waals surface area contributed by atoms with Gasteiger partial charge in [-0.2, -0.15) is 0 Å². The summed E-state index contributed by atoms with van der Waals surface area (Å²) in [4.78, 5) is 15.7. The minimum atomic E-state index is -0.976. The van der Waals surface area contributed by atoms with Gasteiger partial charge in [0.2, 0.25) is 0 Å². The second kappa shape index (κ2) is 7.59. The van der Waals surface area contributed by atoms with E-state index in [1.54, 1.807) is 6.07 Å². The molecule has 1 heterocycles. The molecule has 5 heteroatoms. The first-order valence-corrected chi connectivity index (χ1v) is 7.20. The molecule has 0 fully saturated rings. The third-order valence-electron chi connectivity index (χ3n) is 3.33. The molecule has 21 heavy (non-hydrogen) atoms. The first kappa shape index (κ1) is 15.3. The van der Waals surface area contributed by atoms with E-state index in [0.29, 0.717) is 12.4 Å². The Morgan fingerprint density at radius 2 is 1.90 bits per heavy atom. The molecule has 3 N–H and O–H groups in total. The topological polar surface area (TPSA) is 82.5 Å². The fourth-order valence-corrected chi connectivity index (χ4v) is 2.21. The maximum absolute atomic E-state index is 11.3. The van der Waals surface area contributed by atoms with Crippen LogP contribution in [0.15, 0.2) is 30.3 Å². The van der Waals surface area contributed by atoms with Crippen LogP contribution in [-0.4, -0.2) is 34.3 Å². The van der Waals surface area contributed by atoms with Crippen LogP contribution >= 0.6 is 0 Å². The molecule has 1 aromatic carbocycles. The number of para-hydroxylation sites is 1. The number of carbonyl (C=O) groups is 1. The largest absolute Gasteiger partial charge is 0.478 e. The van der Waals surface area contributed by atoms with Gasteiger partial charge in [-0.1, -0.05) is 31.0 Å². The minimum Gasteiger partial charge on any atom is -0.478 e. The standard InChI is InChI=1S/C16H20N2O3/c19-10-6-2-1-5-9-17-15-13(16(20)21)11-12-7-3-4-8-14(12)18-15/h3-4,7-8,11,19H,1-2,5-6,9-10H2,(H,17,18)(H,20,21). The van der Waals surface area contributed by atoms with Crippen LogP contribution in [0.25, 0.3) is 10.9 Å². The maximum atomic E-state index is 11.3. The number of nitrogens with one attached hydrogen (secondary N) is 1. The van der Waals surface area contributed by atoms with Crippen molar-refractivity contribution in [2.75, 3.05) is 18.5 Å². The number of benzene rings is 1. The third-order valence-corrected chi connectivity index (χ3v) is 3.33. The van der Waals surface area contributed by atoms with E-state index in [1.165, 1.54) is 0 Å². The van der Waals surface area contributed by atoms with Crippen molar-refractivity contribution in [1.29, 1.82) is 0 Å². The molecule has 0 saturated heterocycles. The zero-order valence-corrected chi connectivity index (χ0v) is 11.9. The summed E-state index contributed by atoms with van der Waals surface area (Å²) < 4.78 is 0. The van der Waals surface area contributed by atoms with Crippen molar-refractivity contribution < 1.29 is 15.0 Å². The third kappa shape index (κ3) is 4.16. The van der Waals surface area contributed by atoms with Crippen molar-refractivity contribution in [3.05, 3.63) is 35.9 Å². The fourth-order valence-electron chi connectivity index (χ4n) is 2.21. The maximum Gasteiger partial charge on any atom is 0.339 e. The number of anilines is 1. The Kier molecular flexibility index (Phi) is 5.51. The summed E-state index contributed by atoms with van der Waals surface area (Å²) >= 11 is 0. The van der Waals surface area contributed by atoms with Crippen molar-refractivity contribution in [2.45, 2.75) is 25.7 Å². The first-order valence-electron chi connectivity index (χ1n) is 7.20. The van der Waals surface area contributed by atoms with Crippen LogP contribution in [0.2, 0.25) is 0 Å². The van der Waals surface area contributed by atoms with Crippen molar-refractivity contribution in [1.82, 2.24) is 4.98 Å². The number of aromatic nitrogens is 1. The molecular weight excluding hydrogens is 268 g/mol. The lowest BCUT2D eigenvalue weighted by molar-refractivity contribution is 0.0697. The summed E-state index contributed by atoms with van der Waals surface area (Å²) in [5.74, 6) is -0.556. The second-order valence-electron chi connectivity index (χ2n) is 4.95. The SMILES string of the molecule is O=C(O)c1cc2ccccc2nc1NCCCCCCO. The van der Waals surface area contributed by atoms with Crippen LogP contribution < -0.4 is 5.32 Å². The summed E-state index contributed by atoms with van der Waals surface area (Å²) in [7, 11) is 0. The zero-order valence-electron chi connectivity index (χ0n) is 11.9. The number of nitrogens with zero attached hydrogens (tertiary/aromatic N) is 1. The number of carboxylic acids is 1. The van der Waals surface area contributed by atoms with Gasteiger partial charge in [-0.3, -0.25) is 0 Å². The Balaban J connectivity index is 2.06. The minimum absolute atomic E-state index is 0.198. The Hall–Kier alpha value is -2.14. The number of aromatic carboxylic acids is 1. The number of aliphatic hydroxyl groups excluding tert-OH is 1. The number of unbranched alkanes of at least 4 members (excludes halogenated alkanes) is 3. The predicted octanol–water partition coefficient (Wildman–Crippen LogP) is 2.90. The fraction of sp³-hybridized carbons (Fsp3) is 0.375. The van der Waals surface area contributed by atoms with Crippen molar-refractivity contribution in [3.63, 3.8) is 0 Å². The van der Waals surface area contributed by atoms with E-state index in [9.17, 15) is 9.90 Å². The van der Waals surface area contributed by atoms with E-state index >= 15 is 0 Å². The molecule has 112 valence electrons. The van der Waals surface area contributed by atoms with Gasteiger partial charge in [0, 0.05) is 18.5 Å². The first-order chi connectivity index (χ1) is 10.2. The highest BCUT2D eigenvalue weighted by atomic mass is 16.4. The molecule has 0 bridgehead atoms. The number of hydrogen-bond acceptors (Lipinski definition) is 4. The van der Waals surface area contributed by atoms with Gasteiger partial charge in [-0.25, -0.2) is 9.78 Å². The van der Waals surface area contributed by atoms with E-state index in [2.05, 4.69) is 10.3 Å². The number of hydrogen-bond donors (Lipinski definition) is 3. The summed E-state index contributed by atoms with van der Waals surface area (Å²) in [5.41, 5.74) is 0.981. The molecule has 0 radical (unpaired) electrons. The molecular formula is C16H20N2O3. The predicted molar refractivity (Wildman–Crippen MR) is 82.7 cm³/mol. The van der Waals surface area contributed by atoms with E-state index in [-0.39, 0.29) is 12.2 Å². The Labute approximate surface area is 123 Å². The van der Waals surface area contributed by atoms with Crippen LogP contribution in [0.5, 0.6) is 0 Å². The molecule has 0 aliphatic heterocycles. The van der Waals surface area contributed by atoms with Gasteiger partial charge < -0.3 is 15.5 Å². The average Bonchev–Trinajstić information content (AvgIpc) is 2.49. The Bertz CT molecular complexity index is 613. The van der Waals surface area contributed by atoms with Crippen LogP contribution in [0.3, 0.4) is 0 Å². The van der Waals surface area contributed by atoms with Crippen molar-refractivity contribution >= 4 is 22.7 Å². The van der Waals surface area contributed by atoms with E-state index in [4.69, 9.17) is 5.11 Å². The molecule has 0 unspecified atom stereocenters. The van der Waals surface area contributed by atoms with Crippen molar-refractivity contribution in [2.24, 2.45) is 0 Å². The van der Waals surface area contributed by atoms with Gasteiger partial charge in [-0.05, 0) is 25.0 Å². The van der Waals surface area contributed by atoms with Gasteiger partial charge in [0.1, 0.15) is 11.4 Å². The highest BCUT2D eigenvalue weighted by molar-refractivity contribution is 5.98. The molecule has 0 saturated carbocycles. The summed E-state index contributed by atoms with van der Waals surface area (Å²) in [6.45, 7) is 0.903. The van der Waals surface area contributed by atoms with E-state index in [1.807, 2.05) is 24.3 Å². The number of aliphatic hydroxyl groups is 1. The summed E-state index contributed by atoms with van der Waals surface area (Å²) in [5, 5.41) is 21.9. The molecule has 2 aromatic rings. The molecule has 0 amide bonds. The average molecular weight is 288 g/mol. The molecule has 5 nitrogen and oxygen atoms in total. The van der Waals surface area contributed by atoms with Gasteiger partial charge in [0.25, 0.3) is 0 Å². The van der Waals surface area contributed by atoms with Crippen LogP contribution in [0.1, 0.15) is 36.0 Å². The Morgan fingerprint density at radius 3 is 2.67 bits per heavy atom. The van der Waals surface area contributed by atoms with Gasteiger partial charge >= 0.3 is 5.97 Å². The quantitative estimate of drug-likeness (QED) is 0.651. The van der Waals surface area contributed by atoms with E-state index < -0.39 is 5.97 Å². The summed E-state index contributed by atoms with van der Waals surface area (Å²) in [6.07, 6.45) is 3.72. The zero-order chi connectivity index (χ0) is 15.1. The highest BCUT2D eigenvalue weighted by Crippen LogP contribution is 2.20. The molecule has 0 spiro atoms. The van der Waals surface area contributed by atoms with Crippen molar-refractivity contribution in [3.8, 4) is 0 Å². The molecule has 1 aromatic heterocycles. The van der Waals surface area contributed by atoms with Gasteiger partial charge in [-0.15, -0.1) is 0 Å². The smallest absolute Gasteiger partial charge is 0.339 e. The molecule has 2 rings (SSSR count). The Morgan fingerprint density at radius 1 is 1.14 bits per heavy atom. The molecule has 0 aliphatic carbocycles. The number of carboxylic acid groups (broad SMARTS) is 1. The van der Waals surface area contributed by atoms with Gasteiger partial charge in [0.05, 0.1) is 5.52 Å². The lowest BCUT2D eigenvalue weighted by atomic mass is 10.1. The van der Waals surface area contributed by atoms with Crippen LogP contribution in [0, 0.1) is 0 Å². The van der Waals surface area contributed by atoms with Crippen LogP contribution in [0.4, 0.5) is 5.82 Å². The monoisotopic (exact) mass is 288 g/mol. The molecule has 0 atom stereocenters. The molecule has 0 aliphatic rings. The number of fused-ring (bicyclic) bond motifs is 1. The van der Waals surface area contributed by atoms with E-state index in [0.717, 1.165) is 36.6 Å². The number of pyridine rings is 1. The number of rotatable bonds is 8. The summed E-state index contributed by atoms with van der Waals surface area (Å²) in [6, 6.07) is 9.12. The van der Waals surface area contributed by atoms with Gasteiger partial charge in [0.15, 0.2) is 0 Å². The second-order valence-corrected chi connectivity index (χ2v) is 4.95. The normalized spacial score (nSPS) is 10.7.